The number of ether oxygens (including phenoxy) is 1. The van der Waals surface area contributed by atoms with Crippen molar-refractivity contribution in [1.82, 2.24) is 0 Å². The maximum absolute atomic E-state index is 13.6. The lowest BCUT2D eigenvalue weighted by atomic mass is 9.76. The average Bonchev–Trinajstić information content (AvgIpc) is 2.99. The number of fused-ring (bicyclic) bond motifs is 1. The molecule has 2 aliphatic heterocycles. The van der Waals surface area contributed by atoms with Crippen LogP contribution in [0.15, 0.2) is 42.5 Å². The molecule has 2 aromatic carbocycles. The van der Waals surface area contributed by atoms with Crippen molar-refractivity contribution in [2.75, 3.05) is 30.0 Å². The topological polar surface area (TPSA) is 49.9 Å². The summed E-state index contributed by atoms with van der Waals surface area (Å²) in [5, 5.41) is 0. The molecule has 2 aliphatic rings. The number of halogens is 3. The van der Waals surface area contributed by atoms with Crippen LogP contribution in [0.4, 0.5) is 30.2 Å². The number of rotatable bonds is 5. The van der Waals surface area contributed by atoms with Gasteiger partial charge in [-0.1, -0.05) is 19.9 Å². The molecule has 1 amide bonds. The van der Waals surface area contributed by atoms with Gasteiger partial charge in [0.2, 0.25) is 5.91 Å². The van der Waals surface area contributed by atoms with Gasteiger partial charge in [0.1, 0.15) is 0 Å². The summed E-state index contributed by atoms with van der Waals surface area (Å²) in [6, 6.07) is 10.9. The molecule has 0 spiro atoms. The van der Waals surface area contributed by atoms with E-state index in [4.69, 9.17) is 4.74 Å². The largest absolute Gasteiger partial charge is 0.469 e. The van der Waals surface area contributed by atoms with Gasteiger partial charge in [0.25, 0.3) is 0 Å². The highest BCUT2D eigenvalue weighted by molar-refractivity contribution is 6.13. The first-order valence-electron chi connectivity index (χ1n) is 10.7. The number of hydrogen-bond acceptors (Lipinski definition) is 4. The van der Waals surface area contributed by atoms with E-state index in [9.17, 15) is 22.8 Å². The Balaban J connectivity index is 1.73. The highest BCUT2D eigenvalue weighted by Crippen LogP contribution is 2.51. The summed E-state index contributed by atoms with van der Waals surface area (Å²) in [7, 11) is 1.36. The van der Waals surface area contributed by atoms with Gasteiger partial charge in [-0.05, 0) is 54.8 Å². The minimum atomic E-state index is -4.48. The zero-order valence-corrected chi connectivity index (χ0v) is 18.2. The highest BCUT2D eigenvalue weighted by Gasteiger charge is 2.50. The second-order valence-corrected chi connectivity index (χ2v) is 8.30. The van der Waals surface area contributed by atoms with Gasteiger partial charge in [-0.2, -0.15) is 13.2 Å². The van der Waals surface area contributed by atoms with Crippen LogP contribution >= 0.6 is 0 Å². The van der Waals surface area contributed by atoms with Gasteiger partial charge in [-0.15, -0.1) is 0 Å². The van der Waals surface area contributed by atoms with Crippen LogP contribution in [0.25, 0.3) is 0 Å². The number of hydrogen-bond donors (Lipinski definition) is 0. The van der Waals surface area contributed by atoms with E-state index in [1.165, 1.54) is 18.1 Å². The molecule has 0 radical (unpaired) electrons. The first kappa shape index (κ1) is 22.2. The Bertz CT molecular complexity index is 1060. The quantitative estimate of drug-likeness (QED) is 0.603. The van der Waals surface area contributed by atoms with E-state index in [0.717, 1.165) is 17.8 Å². The van der Waals surface area contributed by atoms with E-state index in [2.05, 4.69) is 0 Å². The first-order chi connectivity index (χ1) is 15.2. The molecule has 8 heteroatoms. The fourth-order valence-corrected chi connectivity index (χ4v) is 4.75. The first-order valence-corrected chi connectivity index (χ1v) is 10.7. The molecular weight excluding hydrogens is 421 g/mol. The van der Waals surface area contributed by atoms with Crippen LogP contribution in [-0.2, 0) is 25.9 Å². The molecule has 5 nitrogen and oxygen atoms in total. The predicted octanol–water partition coefficient (Wildman–Crippen LogP) is 5.05. The molecule has 0 saturated carbocycles. The van der Waals surface area contributed by atoms with Gasteiger partial charge in [-0.3, -0.25) is 14.5 Å². The number of carbonyl (C=O) groups is 2. The van der Waals surface area contributed by atoms with Crippen molar-refractivity contribution in [3.63, 3.8) is 0 Å². The van der Waals surface area contributed by atoms with Crippen molar-refractivity contribution < 1.29 is 27.5 Å². The van der Waals surface area contributed by atoms with E-state index < -0.39 is 17.2 Å². The van der Waals surface area contributed by atoms with Crippen molar-refractivity contribution in [1.29, 1.82) is 0 Å². The summed E-state index contributed by atoms with van der Waals surface area (Å²) >= 11 is 0. The summed E-state index contributed by atoms with van der Waals surface area (Å²) in [6.07, 6.45) is -3.67. The molecule has 0 unspecified atom stereocenters. The van der Waals surface area contributed by atoms with E-state index in [0.29, 0.717) is 42.9 Å². The minimum absolute atomic E-state index is 0.188. The van der Waals surface area contributed by atoms with Crippen molar-refractivity contribution in [3.8, 4) is 0 Å². The van der Waals surface area contributed by atoms with Gasteiger partial charge >= 0.3 is 12.1 Å². The highest BCUT2D eigenvalue weighted by atomic mass is 19.4. The van der Waals surface area contributed by atoms with Crippen LogP contribution in [0.1, 0.15) is 37.8 Å². The fraction of sp³-hybridized carbons (Fsp3) is 0.417. The molecular formula is C24H25F3N2O3. The molecule has 2 heterocycles. The molecule has 170 valence electrons. The number of methoxy groups -OCH3 is 1. The maximum atomic E-state index is 13.6. The zero-order valence-electron chi connectivity index (χ0n) is 18.2. The van der Waals surface area contributed by atoms with Gasteiger partial charge in [0, 0.05) is 18.8 Å². The van der Waals surface area contributed by atoms with E-state index in [1.807, 2.05) is 36.9 Å². The monoisotopic (exact) mass is 446 g/mol. The summed E-state index contributed by atoms with van der Waals surface area (Å²) in [4.78, 5) is 28.8. The van der Waals surface area contributed by atoms with Gasteiger partial charge in [0.05, 0.1) is 35.4 Å². The Kier molecular flexibility index (Phi) is 5.43. The maximum Gasteiger partial charge on any atom is 0.416 e. The number of nitrogens with zero attached hydrogens (tertiary/aromatic N) is 2. The zero-order chi connectivity index (χ0) is 23.3. The number of carbonyl (C=O) groups excluding carboxylic acids is 2. The number of benzene rings is 2. The van der Waals surface area contributed by atoms with E-state index in [1.54, 1.807) is 6.07 Å². The Labute approximate surface area is 184 Å². The van der Waals surface area contributed by atoms with Gasteiger partial charge in [-0.25, -0.2) is 0 Å². The number of amides is 1. The fourth-order valence-electron chi connectivity index (χ4n) is 4.75. The van der Waals surface area contributed by atoms with Crippen LogP contribution in [0.5, 0.6) is 0 Å². The van der Waals surface area contributed by atoms with Gasteiger partial charge in [0.15, 0.2) is 0 Å². The Morgan fingerprint density at radius 3 is 2.34 bits per heavy atom. The van der Waals surface area contributed by atoms with Crippen LogP contribution in [0.2, 0.25) is 0 Å². The third-order valence-corrected chi connectivity index (χ3v) is 6.77. The third kappa shape index (κ3) is 3.32. The summed E-state index contributed by atoms with van der Waals surface area (Å²) in [6.45, 7) is 4.70. The van der Waals surface area contributed by atoms with Crippen LogP contribution in [-0.4, -0.2) is 32.1 Å². The van der Waals surface area contributed by atoms with Gasteiger partial charge < -0.3 is 9.64 Å². The second kappa shape index (κ2) is 7.83. The Morgan fingerprint density at radius 1 is 1.09 bits per heavy atom. The van der Waals surface area contributed by atoms with E-state index >= 15 is 0 Å². The van der Waals surface area contributed by atoms with Crippen molar-refractivity contribution in [3.05, 3.63) is 53.6 Å². The molecule has 0 N–H and O–H groups in total. The van der Waals surface area contributed by atoms with Crippen molar-refractivity contribution >= 4 is 28.9 Å². The normalized spacial score (nSPS) is 17.9. The number of esters is 1. The van der Waals surface area contributed by atoms with Crippen molar-refractivity contribution in [2.45, 2.75) is 38.3 Å². The lowest BCUT2D eigenvalue weighted by Crippen LogP contribution is -2.50. The molecule has 0 bridgehead atoms. The van der Waals surface area contributed by atoms with Crippen LogP contribution < -0.4 is 9.80 Å². The summed E-state index contributed by atoms with van der Waals surface area (Å²) < 4.78 is 45.0. The lowest BCUT2D eigenvalue weighted by molar-refractivity contribution is -0.146. The molecule has 1 fully saturated rings. The number of anilines is 3. The Morgan fingerprint density at radius 2 is 1.75 bits per heavy atom. The molecule has 4 rings (SSSR count). The molecule has 1 saturated heterocycles. The third-order valence-electron chi connectivity index (χ3n) is 6.77. The summed E-state index contributed by atoms with van der Waals surface area (Å²) in [5.74, 6) is -0.659. The number of alkyl halides is 3. The van der Waals surface area contributed by atoms with E-state index in [-0.39, 0.29) is 17.8 Å². The molecule has 0 atom stereocenters. The standard InChI is InChI=1S/C24H25F3N2O3/c1-4-23(5-2)19-11-16(24(25,26)27)9-10-20(19)29(22(23)31)18-8-6-7-17(12-18)28-13-15(14-28)21(30)32-3/h6-12,15H,4-5,13-14H2,1-3H3. The van der Waals surface area contributed by atoms with Crippen molar-refractivity contribution in [2.24, 2.45) is 5.92 Å². The minimum Gasteiger partial charge on any atom is -0.469 e. The molecule has 0 aromatic heterocycles. The smallest absolute Gasteiger partial charge is 0.416 e. The SMILES string of the molecule is CCC1(CC)C(=O)N(c2cccc(N3CC(C(=O)OC)C3)c2)c2ccc(C(F)(F)F)cc21. The molecule has 32 heavy (non-hydrogen) atoms. The Hall–Kier alpha value is -3.03. The molecule has 2 aromatic rings. The van der Waals surface area contributed by atoms with Crippen LogP contribution in [0.3, 0.4) is 0 Å². The van der Waals surface area contributed by atoms with Crippen LogP contribution in [0, 0.1) is 5.92 Å². The predicted molar refractivity (Wildman–Crippen MR) is 115 cm³/mol. The lowest BCUT2D eigenvalue weighted by Gasteiger charge is -2.39. The summed E-state index contributed by atoms with van der Waals surface area (Å²) in [5.41, 5.74) is 0.593. The second-order valence-electron chi connectivity index (χ2n) is 8.30. The average molecular weight is 446 g/mol. The molecule has 0 aliphatic carbocycles.